The maximum atomic E-state index is 13.0. The minimum atomic E-state index is -3.60. The minimum absolute atomic E-state index is 0.143. The molecule has 0 aliphatic carbocycles. The Morgan fingerprint density at radius 1 is 1.00 bits per heavy atom. The van der Waals surface area contributed by atoms with Crippen LogP contribution in [0.2, 0.25) is 0 Å². The van der Waals surface area contributed by atoms with Gasteiger partial charge in [-0.3, -0.25) is 9.78 Å². The van der Waals surface area contributed by atoms with Gasteiger partial charge in [0.25, 0.3) is 0 Å². The maximum Gasteiger partial charge on any atom is 0.243 e. The molecule has 0 saturated carbocycles. The van der Waals surface area contributed by atoms with E-state index in [2.05, 4.69) is 10.3 Å². The predicted octanol–water partition coefficient (Wildman–Crippen LogP) is 4.02. The first-order valence-electron chi connectivity index (χ1n) is 10.8. The van der Waals surface area contributed by atoms with E-state index >= 15 is 0 Å². The van der Waals surface area contributed by atoms with Crippen molar-refractivity contribution in [3.63, 3.8) is 0 Å². The third kappa shape index (κ3) is 5.23. The molecule has 0 radical (unpaired) electrons. The van der Waals surface area contributed by atoms with Gasteiger partial charge in [0.2, 0.25) is 15.9 Å². The highest BCUT2D eigenvalue weighted by Crippen LogP contribution is 2.25. The summed E-state index contributed by atoms with van der Waals surface area (Å²) in [5.74, 6) is -0.517. The zero-order valence-corrected chi connectivity index (χ0v) is 18.9. The lowest BCUT2D eigenvalue weighted by Crippen LogP contribution is -2.43. The van der Waals surface area contributed by atoms with Crippen molar-refractivity contribution in [3.05, 3.63) is 89.7 Å². The van der Waals surface area contributed by atoms with Gasteiger partial charge in [-0.2, -0.15) is 4.31 Å². The summed E-state index contributed by atoms with van der Waals surface area (Å²) in [6.45, 7) is 2.55. The van der Waals surface area contributed by atoms with Crippen LogP contribution in [0.1, 0.15) is 29.5 Å². The van der Waals surface area contributed by atoms with Crippen molar-refractivity contribution in [1.82, 2.24) is 9.29 Å². The number of amides is 1. The fourth-order valence-electron chi connectivity index (χ4n) is 3.92. The van der Waals surface area contributed by atoms with Crippen LogP contribution in [-0.2, 0) is 21.2 Å². The van der Waals surface area contributed by atoms with Gasteiger partial charge in [0.1, 0.15) is 0 Å². The second-order valence-electron chi connectivity index (χ2n) is 8.23. The number of aryl methyl sites for hydroxylation is 1. The highest BCUT2D eigenvalue weighted by atomic mass is 32.2. The summed E-state index contributed by atoms with van der Waals surface area (Å²) in [6.07, 6.45) is 5.68. The van der Waals surface area contributed by atoms with Crippen molar-refractivity contribution < 1.29 is 13.2 Å². The lowest BCUT2D eigenvalue weighted by atomic mass is 9.98. The summed E-state index contributed by atoms with van der Waals surface area (Å²) < 4.78 is 27.4. The molecule has 0 spiro atoms. The van der Waals surface area contributed by atoms with E-state index in [1.807, 2.05) is 43.3 Å². The number of pyridine rings is 1. The minimum Gasteiger partial charge on any atom is -0.326 e. The van der Waals surface area contributed by atoms with Crippen LogP contribution in [0.5, 0.6) is 0 Å². The molecule has 1 atom stereocenters. The normalized spacial score (nSPS) is 17.1. The van der Waals surface area contributed by atoms with Crippen molar-refractivity contribution in [2.45, 2.75) is 31.1 Å². The molecule has 3 aromatic rings. The van der Waals surface area contributed by atoms with E-state index in [4.69, 9.17) is 0 Å². The Kier molecular flexibility index (Phi) is 6.67. The number of nitrogens with one attached hydrogen (secondary N) is 1. The number of sulfonamides is 1. The molecule has 0 bridgehead atoms. The molecule has 6 nitrogen and oxygen atoms in total. The van der Waals surface area contributed by atoms with E-state index in [-0.39, 0.29) is 23.3 Å². The SMILES string of the molecule is Cc1ccc(S(=O)(=O)N2CCCC(C(=O)Nc3ccc(Cc4ccncc4)cc3)C2)cc1. The average Bonchev–Trinajstić information content (AvgIpc) is 2.81. The summed E-state index contributed by atoms with van der Waals surface area (Å²) in [4.78, 5) is 17.2. The zero-order chi connectivity index (χ0) is 22.6. The molecular formula is C25H27N3O3S. The molecule has 2 heterocycles. The van der Waals surface area contributed by atoms with Crippen LogP contribution in [0, 0.1) is 12.8 Å². The molecule has 1 saturated heterocycles. The number of piperidine rings is 1. The topological polar surface area (TPSA) is 79.4 Å². The third-order valence-corrected chi connectivity index (χ3v) is 7.67. The van der Waals surface area contributed by atoms with Crippen molar-refractivity contribution in [1.29, 1.82) is 0 Å². The number of hydrogen-bond acceptors (Lipinski definition) is 4. The van der Waals surface area contributed by atoms with Gasteiger partial charge in [-0.1, -0.05) is 29.8 Å². The first kappa shape index (κ1) is 22.2. The van der Waals surface area contributed by atoms with E-state index in [0.29, 0.717) is 25.1 Å². The second-order valence-corrected chi connectivity index (χ2v) is 10.2. The van der Waals surface area contributed by atoms with Crippen molar-refractivity contribution in [2.24, 2.45) is 5.92 Å². The number of carbonyl (C=O) groups excluding carboxylic acids is 1. The van der Waals surface area contributed by atoms with E-state index < -0.39 is 10.0 Å². The Morgan fingerprint density at radius 3 is 2.34 bits per heavy atom. The molecule has 1 unspecified atom stereocenters. The number of anilines is 1. The fraction of sp³-hybridized carbons (Fsp3) is 0.280. The standard InChI is InChI=1S/C25H27N3O3S/c1-19-4-10-24(11-5-19)32(30,31)28-16-2-3-22(18-28)25(29)27-23-8-6-20(7-9-23)17-21-12-14-26-15-13-21/h4-15,22H,2-3,16-18H2,1H3,(H,27,29). The number of carbonyl (C=O) groups is 1. The third-order valence-electron chi connectivity index (χ3n) is 5.79. The molecule has 1 aliphatic heterocycles. The van der Waals surface area contributed by atoms with Gasteiger partial charge in [0, 0.05) is 31.2 Å². The first-order valence-corrected chi connectivity index (χ1v) is 12.2. The zero-order valence-electron chi connectivity index (χ0n) is 18.1. The molecule has 1 amide bonds. The van der Waals surface area contributed by atoms with Crippen molar-refractivity contribution in [2.75, 3.05) is 18.4 Å². The van der Waals surface area contributed by atoms with Crippen LogP contribution in [0.3, 0.4) is 0 Å². The van der Waals surface area contributed by atoms with E-state index in [0.717, 1.165) is 17.5 Å². The Balaban J connectivity index is 1.38. The molecule has 1 fully saturated rings. The quantitative estimate of drug-likeness (QED) is 0.616. The van der Waals surface area contributed by atoms with Crippen LogP contribution < -0.4 is 5.32 Å². The van der Waals surface area contributed by atoms with Gasteiger partial charge in [-0.25, -0.2) is 8.42 Å². The number of rotatable bonds is 6. The Labute approximate surface area is 189 Å². The number of nitrogens with zero attached hydrogens (tertiary/aromatic N) is 2. The molecule has 166 valence electrons. The van der Waals surface area contributed by atoms with Crippen LogP contribution in [0.15, 0.2) is 78.0 Å². The Hall–Kier alpha value is -3.03. The number of benzene rings is 2. The van der Waals surface area contributed by atoms with E-state index in [9.17, 15) is 13.2 Å². The summed E-state index contributed by atoms with van der Waals surface area (Å²) >= 11 is 0. The predicted molar refractivity (Wildman–Crippen MR) is 125 cm³/mol. The van der Waals surface area contributed by atoms with Crippen LogP contribution in [-0.4, -0.2) is 36.7 Å². The summed E-state index contributed by atoms with van der Waals surface area (Å²) in [6, 6.07) is 18.6. The smallest absolute Gasteiger partial charge is 0.243 e. The van der Waals surface area contributed by atoms with Gasteiger partial charge in [0.05, 0.1) is 10.8 Å². The number of aromatic nitrogens is 1. The largest absolute Gasteiger partial charge is 0.326 e. The Morgan fingerprint density at radius 2 is 1.66 bits per heavy atom. The fourth-order valence-corrected chi connectivity index (χ4v) is 5.44. The molecular weight excluding hydrogens is 422 g/mol. The van der Waals surface area contributed by atoms with Gasteiger partial charge in [-0.15, -0.1) is 0 Å². The van der Waals surface area contributed by atoms with Gasteiger partial charge < -0.3 is 5.32 Å². The Bertz CT molecular complexity index is 1160. The van der Waals surface area contributed by atoms with E-state index in [1.165, 1.54) is 9.87 Å². The second kappa shape index (κ2) is 9.63. The van der Waals surface area contributed by atoms with Crippen molar-refractivity contribution >= 4 is 21.6 Å². The van der Waals surface area contributed by atoms with Crippen LogP contribution >= 0.6 is 0 Å². The summed E-state index contributed by atoms with van der Waals surface area (Å²) in [5, 5.41) is 2.95. The van der Waals surface area contributed by atoms with Crippen molar-refractivity contribution in [3.8, 4) is 0 Å². The molecule has 4 rings (SSSR count). The molecule has 1 aromatic heterocycles. The average molecular weight is 450 g/mol. The maximum absolute atomic E-state index is 13.0. The highest BCUT2D eigenvalue weighted by molar-refractivity contribution is 7.89. The molecule has 32 heavy (non-hydrogen) atoms. The molecule has 1 N–H and O–H groups in total. The van der Waals surface area contributed by atoms with Gasteiger partial charge in [-0.05, 0) is 73.7 Å². The number of hydrogen-bond donors (Lipinski definition) is 1. The lowest BCUT2D eigenvalue weighted by molar-refractivity contribution is -0.120. The molecule has 1 aliphatic rings. The summed E-state index contributed by atoms with van der Waals surface area (Å²) in [5.41, 5.74) is 4.04. The molecule has 2 aromatic carbocycles. The van der Waals surface area contributed by atoms with Crippen LogP contribution in [0.25, 0.3) is 0 Å². The van der Waals surface area contributed by atoms with Gasteiger partial charge in [0.15, 0.2) is 0 Å². The van der Waals surface area contributed by atoms with Crippen LogP contribution in [0.4, 0.5) is 5.69 Å². The van der Waals surface area contributed by atoms with Gasteiger partial charge >= 0.3 is 0 Å². The monoisotopic (exact) mass is 449 g/mol. The molecule has 7 heteroatoms. The van der Waals surface area contributed by atoms with E-state index in [1.54, 1.807) is 36.7 Å². The highest BCUT2D eigenvalue weighted by Gasteiger charge is 2.33. The first-order chi connectivity index (χ1) is 15.4. The summed E-state index contributed by atoms with van der Waals surface area (Å²) in [7, 11) is -3.60. The lowest BCUT2D eigenvalue weighted by Gasteiger charge is -2.31.